The number of fused-ring (bicyclic) bond motifs is 1. The maximum atomic E-state index is 11.6. The summed E-state index contributed by atoms with van der Waals surface area (Å²) in [5.74, 6) is 8.61. The number of quaternary nitrogens is 1. The van der Waals surface area contributed by atoms with E-state index in [0.717, 1.165) is 10.6 Å². The van der Waals surface area contributed by atoms with Gasteiger partial charge in [0.2, 0.25) is 0 Å². The van der Waals surface area contributed by atoms with Gasteiger partial charge in [-0.15, -0.1) is 0 Å². The summed E-state index contributed by atoms with van der Waals surface area (Å²) in [6.45, 7) is 0. The minimum Gasteiger partial charge on any atom is -0.627 e. The van der Waals surface area contributed by atoms with E-state index in [-0.39, 0.29) is 4.65 Å². The fourth-order valence-electron chi connectivity index (χ4n) is 1.23. The van der Waals surface area contributed by atoms with Gasteiger partial charge in [0.05, 0.1) is 11.9 Å². The highest BCUT2D eigenvalue weighted by Crippen LogP contribution is 2.41. The molecule has 2 rings (SSSR count). The van der Waals surface area contributed by atoms with Crippen LogP contribution in [0.25, 0.3) is 0 Å². The SMILES string of the molecule is C[N+]1([O-])CSc2ccccc21.NN. The number of rotatable bonds is 0. The molecule has 0 spiro atoms. The number of nitrogens with two attached hydrogens (primary N) is 2. The number of hydrazine groups is 1. The maximum absolute atomic E-state index is 11.6. The summed E-state index contributed by atoms with van der Waals surface area (Å²) >= 11 is 1.63. The van der Waals surface area contributed by atoms with Crippen LogP contribution in [0, 0.1) is 5.21 Å². The first-order chi connectivity index (χ1) is 6.20. The first-order valence-electron chi connectivity index (χ1n) is 3.82. The van der Waals surface area contributed by atoms with Crippen LogP contribution in [-0.4, -0.2) is 12.9 Å². The normalized spacial score (nSPS) is 24.6. The summed E-state index contributed by atoms with van der Waals surface area (Å²) in [4.78, 5) is 1.13. The fraction of sp³-hybridized carbons (Fsp3) is 0.250. The van der Waals surface area contributed by atoms with Crippen molar-refractivity contribution in [3.05, 3.63) is 29.5 Å². The van der Waals surface area contributed by atoms with E-state index in [2.05, 4.69) is 11.7 Å². The van der Waals surface area contributed by atoms with E-state index in [1.807, 2.05) is 24.3 Å². The molecule has 1 atom stereocenters. The van der Waals surface area contributed by atoms with Crippen LogP contribution in [0.15, 0.2) is 29.2 Å². The van der Waals surface area contributed by atoms with E-state index in [1.165, 1.54) is 0 Å². The van der Waals surface area contributed by atoms with Crippen LogP contribution in [-0.2, 0) is 0 Å². The smallest absolute Gasteiger partial charge is 0.147 e. The molecule has 0 bridgehead atoms. The highest BCUT2D eigenvalue weighted by Gasteiger charge is 2.26. The Kier molecular flexibility index (Phi) is 3.29. The van der Waals surface area contributed by atoms with Gasteiger partial charge in [-0.25, -0.2) is 0 Å². The minimum absolute atomic E-state index is 0.235. The molecule has 5 heteroatoms. The highest BCUT2D eigenvalue weighted by molar-refractivity contribution is 7.99. The molecule has 0 fully saturated rings. The molecule has 0 aromatic heterocycles. The van der Waals surface area contributed by atoms with Crippen molar-refractivity contribution in [3.8, 4) is 0 Å². The second kappa shape index (κ2) is 4.08. The van der Waals surface area contributed by atoms with E-state index in [1.54, 1.807) is 18.8 Å². The molecule has 0 saturated heterocycles. The molecular weight excluding hydrogens is 186 g/mol. The number of para-hydroxylation sites is 1. The Balaban J connectivity index is 0.000000396. The Morgan fingerprint density at radius 3 is 2.62 bits per heavy atom. The zero-order chi connectivity index (χ0) is 9.90. The Bertz CT molecular complexity index is 290. The van der Waals surface area contributed by atoms with E-state index in [4.69, 9.17) is 0 Å². The second-order valence-corrected chi connectivity index (χ2v) is 3.83. The van der Waals surface area contributed by atoms with Gasteiger partial charge in [0.1, 0.15) is 11.6 Å². The molecule has 13 heavy (non-hydrogen) atoms. The third kappa shape index (κ3) is 2.01. The van der Waals surface area contributed by atoms with E-state index in [9.17, 15) is 5.21 Å². The van der Waals surface area contributed by atoms with Crippen LogP contribution in [0.5, 0.6) is 0 Å². The Labute approximate surface area is 81.7 Å². The lowest BCUT2D eigenvalue weighted by molar-refractivity contribution is 0.528. The van der Waals surface area contributed by atoms with Crippen molar-refractivity contribution in [1.29, 1.82) is 0 Å². The van der Waals surface area contributed by atoms with Crippen molar-refractivity contribution in [2.75, 3.05) is 12.9 Å². The molecule has 1 aromatic carbocycles. The van der Waals surface area contributed by atoms with Crippen LogP contribution in [0.2, 0.25) is 0 Å². The zero-order valence-electron chi connectivity index (χ0n) is 7.43. The van der Waals surface area contributed by atoms with Crippen molar-refractivity contribution in [2.45, 2.75) is 4.90 Å². The summed E-state index contributed by atoms with van der Waals surface area (Å²) in [5, 5.41) is 11.6. The lowest BCUT2D eigenvalue weighted by Gasteiger charge is -2.32. The summed E-state index contributed by atoms with van der Waals surface area (Å²) in [7, 11) is 1.69. The molecule has 72 valence electrons. The van der Waals surface area contributed by atoms with Crippen molar-refractivity contribution < 1.29 is 0 Å². The minimum atomic E-state index is -0.235. The largest absolute Gasteiger partial charge is 0.627 e. The van der Waals surface area contributed by atoms with Crippen LogP contribution in [0.4, 0.5) is 5.69 Å². The summed E-state index contributed by atoms with van der Waals surface area (Å²) < 4.78 is -0.235. The molecular formula is C8H13N3OS. The maximum Gasteiger partial charge on any atom is 0.147 e. The molecule has 1 unspecified atom stereocenters. The molecule has 0 amide bonds. The van der Waals surface area contributed by atoms with Crippen LogP contribution >= 0.6 is 11.8 Å². The molecule has 0 aliphatic carbocycles. The number of hydrogen-bond acceptors (Lipinski definition) is 4. The van der Waals surface area contributed by atoms with Crippen molar-refractivity contribution in [2.24, 2.45) is 11.7 Å². The van der Waals surface area contributed by atoms with Crippen LogP contribution in [0.3, 0.4) is 0 Å². The van der Waals surface area contributed by atoms with Gasteiger partial charge in [0.25, 0.3) is 0 Å². The summed E-state index contributed by atoms with van der Waals surface area (Å²) in [6, 6.07) is 7.79. The number of hydroxylamine groups is 2. The van der Waals surface area contributed by atoms with Gasteiger partial charge in [-0.1, -0.05) is 23.9 Å². The molecule has 4 nitrogen and oxygen atoms in total. The van der Waals surface area contributed by atoms with E-state index >= 15 is 0 Å². The van der Waals surface area contributed by atoms with Gasteiger partial charge in [-0.05, 0) is 6.07 Å². The second-order valence-electron chi connectivity index (χ2n) is 2.84. The first-order valence-corrected chi connectivity index (χ1v) is 4.81. The summed E-state index contributed by atoms with van der Waals surface area (Å²) in [5.41, 5.74) is 0.900. The monoisotopic (exact) mass is 199 g/mol. The predicted molar refractivity (Wildman–Crippen MR) is 56.6 cm³/mol. The number of benzene rings is 1. The molecule has 1 aromatic rings. The van der Waals surface area contributed by atoms with Crippen LogP contribution < -0.4 is 16.3 Å². The number of nitrogens with zero attached hydrogens (tertiary/aromatic N) is 1. The van der Waals surface area contributed by atoms with Gasteiger partial charge in [0, 0.05) is 6.07 Å². The van der Waals surface area contributed by atoms with E-state index < -0.39 is 0 Å². The number of hydrogen-bond donors (Lipinski definition) is 2. The predicted octanol–water partition coefficient (Wildman–Crippen LogP) is 1.00. The molecule has 4 N–H and O–H groups in total. The highest BCUT2D eigenvalue weighted by atomic mass is 32.2. The molecule has 0 saturated carbocycles. The third-order valence-corrected chi connectivity index (χ3v) is 3.12. The van der Waals surface area contributed by atoms with Gasteiger partial charge >= 0.3 is 0 Å². The van der Waals surface area contributed by atoms with Crippen LogP contribution in [0.1, 0.15) is 0 Å². The molecule has 1 aliphatic rings. The molecule has 1 aliphatic heterocycles. The first kappa shape index (κ1) is 10.5. The molecule has 1 heterocycles. The van der Waals surface area contributed by atoms with Gasteiger partial charge in [-0.3, -0.25) is 11.7 Å². The van der Waals surface area contributed by atoms with Crippen molar-refractivity contribution in [3.63, 3.8) is 0 Å². The zero-order valence-corrected chi connectivity index (χ0v) is 8.25. The van der Waals surface area contributed by atoms with Gasteiger partial charge in [0.15, 0.2) is 0 Å². The topological polar surface area (TPSA) is 75.1 Å². The number of thioether (sulfide) groups is 1. The quantitative estimate of drug-likeness (QED) is 0.283. The van der Waals surface area contributed by atoms with Gasteiger partial charge in [-0.2, -0.15) is 0 Å². The summed E-state index contributed by atoms with van der Waals surface area (Å²) in [6.07, 6.45) is 0. The third-order valence-electron chi connectivity index (χ3n) is 1.84. The fourth-order valence-corrected chi connectivity index (χ4v) is 2.34. The lowest BCUT2D eigenvalue weighted by Crippen LogP contribution is -2.34. The Morgan fingerprint density at radius 2 is 2.00 bits per heavy atom. The average Bonchev–Trinajstić information content (AvgIpc) is 2.47. The van der Waals surface area contributed by atoms with Crippen molar-refractivity contribution in [1.82, 2.24) is 4.65 Å². The average molecular weight is 199 g/mol. The Hall–Kier alpha value is -0.590. The van der Waals surface area contributed by atoms with E-state index in [0.29, 0.717) is 5.88 Å². The lowest BCUT2D eigenvalue weighted by atomic mass is 10.3. The Morgan fingerprint density at radius 1 is 1.38 bits per heavy atom. The standard InChI is InChI=1S/C8H9NOS.H4N2/c1-9(10)6-11-8-5-3-2-4-7(8)9;1-2/h2-5H,6H2,1H3;1-2H2. The molecule has 0 radical (unpaired) electrons. The van der Waals surface area contributed by atoms with Crippen molar-refractivity contribution >= 4 is 17.4 Å². The van der Waals surface area contributed by atoms with Gasteiger partial charge < -0.3 is 9.85 Å².